The van der Waals surface area contributed by atoms with Crippen molar-refractivity contribution in [1.29, 1.82) is 0 Å². The molecular formula is C21H33ClF2N2O2. The van der Waals surface area contributed by atoms with E-state index >= 15 is 0 Å². The van der Waals surface area contributed by atoms with Crippen LogP contribution in [0.3, 0.4) is 0 Å². The van der Waals surface area contributed by atoms with Crippen molar-refractivity contribution in [2.75, 3.05) is 32.8 Å². The van der Waals surface area contributed by atoms with E-state index in [1.165, 1.54) is 12.1 Å². The van der Waals surface area contributed by atoms with E-state index in [-0.39, 0.29) is 30.4 Å². The number of piperidine rings is 1. The summed E-state index contributed by atoms with van der Waals surface area (Å²) in [4.78, 5) is 14.1. The van der Waals surface area contributed by atoms with E-state index in [4.69, 9.17) is 4.74 Å². The molecule has 28 heavy (non-hydrogen) atoms. The van der Waals surface area contributed by atoms with E-state index in [2.05, 4.69) is 19.2 Å². The van der Waals surface area contributed by atoms with Crippen molar-refractivity contribution in [3.8, 4) is 5.75 Å². The number of carbonyl (C=O) groups is 1. The minimum absolute atomic E-state index is 0. The molecule has 1 heterocycles. The summed E-state index contributed by atoms with van der Waals surface area (Å²) in [6.45, 7) is 7.58. The number of rotatable bonds is 9. The summed E-state index contributed by atoms with van der Waals surface area (Å²) in [7, 11) is 0. The number of alkyl halides is 2. The number of ether oxygens (including phenoxy) is 1. The average Bonchev–Trinajstić information content (AvgIpc) is 2.61. The number of likely N-dealkylation sites (tertiary alicyclic amines) is 1. The van der Waals surface area contributed by atoms with Crippen LogP contribution in [0.5, 0.6) is 5.75 Å². The lowest BCUT2D eigenvalue weighted by Crippen LogP contribution is -2.47. The molecule has 2 rings (SSSR count). The van der Waals surface area contributed by atoms with Gasteiger partial charge in [-0.25, -0.2) is 0 Å². The van der Waals surface area contributed by atoms with Gasteiger partial charge in [-0.1, -0.05) is 39.3 Å². The Morgan fingerprint density at radius 2 is 1.96 bits per heavy atom. The number of amides is 1. The SMILES string of the molecule is CCCCOc1cccc(C(F)(F)CNCC(=O)N2C[C@H](C)C[C@H](C)C2)c1.Cl. The molecule has 2 atom stereocenters. The predicted octanol–water partition coefficient (Wildman–Crippen LogP) is 4.47. The first-order valence-electron chi connectivity index (χ1n) is 9.91. The fraction of sp³-hybridized carbons (Fsp3) is 0.667. The monoisotopic (exact) mass is 418 g/mol. The highest BCUT2D eigenvalue weighted by atomic mass is 35.5. The number of benzene rings is 1. The second-order valence-electron chi connectivity index (χ2n) is 7.78. The van der Waals surface area contributed by atoms with E-state index in [9.17, 15) is 13.6 Å². The summed E-state index contributed by atoms with van der Waals surface area (Å²) in [6.07, 6.45) is 2.98. The maximum absolute atomic E-state index is 14.5. The van der Waals surface area contributed by atoms with Crippen molar-refractivity contribution >= 4 is 18.3 Å². The summed E-state index contributed by atoms with van der Waals surface area (Å²) >= 11 is 0. The minimum Gasteiger partial charge on any atom is -0.494 e. The Morgan fingerprint density at radius 1 is 1.29 bits per heavy atom. The van der Waals surface area contributed by atoms with E-state index in [1.807, 2.05) is 6.92 Å². The normalized spacial score (nSPS) is 19.8. The lowest BCUT2D eigenvalue weighted by atomic mass is 9.92. The number of carbonyl (C=O) groups excluding carboxylic acids is 1. The van der Waals surface area contributed by atoms with Crippen molar-refractivity contribution in [3.63, 3.8) is 0 Å². The smallest absolute Gasteiger partial charge is 0.285 e. The summed E-state index contributed by atoms with van der Waals surface area (Å²) in [5, 5.41) is 2.64. The molecule has 0 radical (unpaired) electrons. The number of nitrogens with zero attached hydrogens (tertiary/aromatic N) is 1. The molecule has 0 unspecified atom stereocenters. The third-order valence-corrected chi connectivity index (χ3v) is 4.87. The van der Waals surface area contributed by atoms with Crippen LogP contribution in [0.15, 0.2) is 24.3 Å². The van der Waals surface area contributed by atoms with Crippen LogP contribution >= 0.6 is 12.4 Å². The van der Waals surface area contributed by atoms with Gasteiger partial charge < -0.3 is 15.0 Å². The van der Waals surface area contributed by atoms with Gasteiger partial charge in [0.1, 0.15) is 5.75 Å². The van der Waals surface area contributed by atoms with Crippen LogP contribution in [0.25, 0.3) is 0 Å². The minimum atomic E-state index is -3.06. The third kappa shape index (κ3) is 7.55. The van der Waals surface area contributed by atoms with Crippen LogP contribution in [0.2, 0.25) is 0 Å². The Morgan fingerprint density at radius 3 is 2.61 bits per heavy atom. The first-order chi connectivity index (χ1) is 12.8. The molecule has 0 spiro atoms. The third-order valence-electron chi connectivity index (χ3n) is 4.87. The van der Waals surface area contributed by atoms with Crippen LogP contribution in [-0.2, 0) is 10.7 Å². The Hall–Kier alpha value is -1.40. The van der Waals surface area contributed by atoms with E-state index < -0.39 is 12.5 Å². The van der Waals surface area contributed by atoms with Crippen LogP contribution in [0, 0.1) is 11.8 Å². The first-order valence-corrected chi connectivity index (χ1v) is 9.91. The molecule has 1 aromatic carbocycles. The Labute approximate surface area is 173 Å². The van der Waals surface area contributed by atoms with Gasteiger partial charge in [-0.05, 0) is 36.8 Å². The molecule has 0 aromatic heterocycles. The number of nitrogens with one attached hydrogen (secondary N) is 1. The molecule has 1 aromatic rings. The molecule has 1 amide bonds. The highest BCUT2D eigenvalue weighted by Gasteiger charge is 2.32. The van der Waals surface area contributed by atoms with Gasteiger partial charge in [0.2, 0.25) is 5.91 Å². The molecule has 1 N–H and O–H groups in total. The molecule has 0 bridgehead atoms. The molecule has 160 valence electrons. The Balaban J connectivity index is 0.00000392. The number of hydrogen-bond acceptors (Lipinski definition) is 3. The predicted molar refractivity (Wildman–Crippen MR) is 110 cm³/mol. The number of unbranched alkanes of at least 4 members (excludes halogenated alkanes) is 1. The van der Waals surface area contributed by atoms with Crippen LogP contribution in [0.1, 0.15) is 45.6 Å². The highest BCUT2D eigenvalue weighted by Crippen LogP contribution is 2.29. The molecular weight excluding hydrogens is 386 g/mol. The van der Waals surface area contributed by atoms with Crippen molar-refractivity contribution in [2.45, 2.75) is 46.0 Å². The summed E-state index contributed by atoms with van der Waals surface area (Å²) in [6, 6.07) is 6.04. The zero-order valence-electron chi connectivity index (χ0n) is 17.0. The molecule has 7 heteroatoms. The largest absolute Gasteiger partial charge is 0.494 e. The fourth-order valence-corrected chi connectivity index (χ4v) is 3.55. The maximum Gasteiger partial charge on any atom is 0.285 e. The maximum atomic E-state index is 14.5. The van der Waals surface area contributed by atoms with Crippen molar-refractivity contribution < 1.29 is 18.3 Å². The van der Waals surface area contributed by atoms with Gasteiger partial charge in [-0.2, -0.15) is 8.78 Å². The Bertz CT molecular complexity index is 606. The Kier molecular flexibility index (Phi) is 10.2. The quantitative estimate of drug-likeness (QED) is 0.601. The second kappa shape index (κ2) is 11.6. The van der Waals surface area contributed by atoms with Gasteiger partial charge in [-0.3, -0.25) is 4.79 Å². The summed E-state index contributed by atoms with van der Waals surface area (Å²) in [5.74, 6) is -1.81. The highest BCUT2D eigenvalue weighted by molar-refractivity contribution is 5.85. The molecule has 1 fully saturated rings. The molecule has 1 aliphatic rings. The second-order valence-corrected chi connectivity index (χ2v) is 7.78. The molecule has 1 aliphatic heterocycles. The van der Waals surface area contributed by atoms with Gasteiger partial charge in [0, 0.05) is 18.7 Å². The van der Waals surface area contributed by atoms with E-state index in [0.29, 0.717) is 37.3 Å². The molecule has 1 saturated heterocycles. The first kappa shape index (κ1) is 24.6. The molecule has 0 aliphatic carbocycles. The van der Waals surface area contributed by atoms with Gasteiger partial charge in [-0.15, -0.1) is 12.4 Å². The van der Waals surface area contributed by atoms with Crippen LogP contribution in [0.4, 0.5) is 8.78 Å². The topological polar surface area (TPSA) is 41.6 Å². The van der Waals surface area contributed by atoms with Gasteiger partial charge in [0.15, 0.2) is 0 Å². The van der Waals surface area contributed by atoms with E-state index in [1.54, 1.807) is 17.0 Å². The van der Waals surface area contributed by atoms with E-state index in [0.717, 1.165) is 19.3 Å². The fourth-order valence-electron chi connectivity index (χ4n) is 3.55. The summed E-state index contributed by atoms with van der Waals surface area (Å²) < 4.78 is 34.5. The van der Waals surface area contributed by atoms with Gasteiger partial charge in [0.05, 0.1) is 19.7 Å². The van der Waals surface area contributed by atoms with Gasteiger partial charge in [0.25, 0.3) is 5.92 Å². The lowest BCUT2D eigenvalue weighted by Gasteiger charge is -2.35. The zero-order valence-corrected chi connectivity index (χ0v) is 17.9. The molecule has 4 nitrogen and oxygen atoms in total. The summed E-state index contributed by atoms with van der Waals surface area (Å²) in [5.41, 5.74) is -0.100. The van der Waals surface area contributed by atoms with Crippen molar-refractivity contribution in [2.24, 2.45) is 11.8 Å². The molecule has 0 saturated carbocycles. The van der Waals surface area contributed by atoms with Crippen molar-refractivity contribution in [3.05, 3.63) is 29.8 Å². The number of halogens is 3. The number of hydrogen-bond donors (Lipinski definition) is 1. The average molecular weight is 419 g/mol. The van der Waals surface area contributed by atoms with Gasteiger partial charge >= 0.3 is 0 Å². The lowest BCUT2D eigenvalue weighted by molar-refractivity contribution is -0.133. The van der Waals surface area contributed by atoms with Crippen LogP contribution < -0.4 is 10.1 Å². The standard InChI is InChI=1S/C21H32F2N2O2.ClH/c1-4-5-9-27-19-8-6-7-18(11-19)21(22,23)15-24-12-20(26)25-13-16(2)10-17(3)14-25;/h6-8,11,16-17,24H,4-5,9-10,12-15H2,1-3H3;1H/t16-,17+;. The zero-order chi connectivity index (χ0) is 19.9. The van der Waals surface area contributed by atoms with Crippen LogP contribution in [-0.4, -0.2) is 43.6 Å². The van der Waals surface area contributed by atoms with Crippen molar-refractivity contribution in [1.82, 2.24) is 10.2 Å².